The summed E-state index contributed by atoms with van der Waals surface area (Å²) >= 11 is 0. The fourth-order valence-corrected chi connectivity index (χ4v) is 3.07. The van der Waals surface area contributed by atoms with Gasteiger partial charge in [-0.05, 0) is 37.7 Å². The second-order valence-electron chi connectivity index (χ2n) is 6.89. The third kappa shape index (κ3) is 2.76. The fourth-order valence-electron chi connectivity index (χ4n) is 3.07. The molecule has 2 heterocycles. The molecule has 3 rings (SSSR count). The van der Waals surface area contributed by atoms with E-state index in [2.05, 4.69) is 29.8 Å². The first-order chi connectivity index (χ1) is 10.5. The standard InChI is InChI=1S/C17H25N3O2/c1-12(2)11-22-15-14(17(5-6-17)16(18)21)9-13(10-19-15)20-7-3-4-8-20/h9-10,12H,3-8,11H2,1-2H3,(H2,18,21). The lowest BCUT2D eigenvalue weighted by atomic mass is 9.95. The summed E-state index contributed by atoms with van der Waals surface area (Å²) in [5, 5.41) is 0. The number of ether oxygens (including phenoxy) is 1. The molecule has 1 saturated heterocycles. The van der Waals surface area contributed by atoms with Crippen LogP contribution >= 0.6 is 0 Å². The molecule has 0 aromatic carbocycles. The molecule has 0 radical (unpaired) electrons. The topological polar surface area (TPSA) is 68.4 Å². The summed E-state index contributed by atoms with van der Waals surface area (Å²) in [5.41, 5.74) is 7.06. The zero-order valence-corrected chi connectivity index (χ0v) is 13.5. The van der Waals surface area contributed by atoms with Crippen LogP contribution in [0.25, 0.3) is 0 Å². The number of amides is 1. The van der Waals surface area contributed by atoms with Gasteiger partial charge in [-0.15, -0.1) is 0 Å². The maximum absolute atomic E-state index is 11.9. The molecule has 2 N–H and O–H groups in total. The minimum atomic E-state index is -0.560. The number of nitrogens with two attached hydrogens (primary N) is 1. The van der Waals surface area contributed by atoms with E-state index in [4.69, 9.17) is 10.5 Å². The van der Waals surface area contributed by atoms with Crippen molar-refractivity contribution in [3.63, 3.8) is 0 Å². The molecule has 1 saturated carbocycles. The number of hydrogen-bond acceptors (Lipinski definition) is 4. The van der Waals surface area contributed by atoms with E-state index in [1.165, 1.54) is 12.8 Å². The van der Waals surface area contributed by atoms with Gasteiger partial charge in [0.1, 0.15) is 0 Å². The number of pyridine rings is 1. The van der Waals surface area contributed by atoms with Gasteiger partial charge in [-0.25, -0.2) is 4.98 Å². The summed E-state index contributed by atoms with van der Waals surface area (Å²) in [7, 11) is 0. The van der Waals surface area contributed by atoms with Gasteiger partial charge in [-0.2, -0.15) is 0 Å². The van der Waals surface area contributed by atoms with Crippen LogP contribution in [0.4, 0.5) is 5.69 Å². The van der Waals surface area contributed by atoms with Crippen molar-refractivity contribution >= 4 is 11.6 Å². The molecule has 1 amide bonds. The van der Waals surface area contributed by atoms with E-state index < -0.39 is 5.41 Å². The van der Waals surface area contributed by atoms with Crippen molar-refractivity contribution in [3.8, 4) is 5.88 Å². The van der Waals surface area contributed by atoms with Crippen LogP contribution in [-0.4, -0.2) is 30.6 Å². The maximum Gasteiger partial charge on any atom is 0.228 e. The van der Waals surface area contributed by atoms with Crippen molar-refractivity contribution in [3.05, 3.63) is 17.8 Å². The van der Waals surface area contributed by atoms with Gasteiger partial charge >= 0.3 is 0 Å². The van der Waals surface area contributed by atoms with Gasteiger partial charge in [0.2, 0.25) is 11.8 Å². The zero-order chi connectivity index (χ0) is 15.7. The molecule has 1 aliphatic heterocycles. The van der Waals surface area contributed by atoms with Crippen molar-refractivity contribution in [2.24, 2.45) is 11.7 Å². The van der Waals surface area contributed by atoms with Crippen LogP contribution in [0.1, 0.15) is 45.1 Å². The minimum Gasteiger partial charge on any atom is -0.477 e. The van der Waals surface area contributed by atoms with Crippen LogP contribution in [0.15, 0.2) is 12.3 Å². The Bertz CT molecular complexity index is 561. The lowest BCUT2D eigenvalue weighted by Gasteiger charge is -2.22. The molecule has 1 aromatic heterocycles. The number of hydrogen-bond donors (Lipinski definition) is 1. The van der Waals surface area contributed by atoms with Crippen LogP contribution < -0.4 is 15.4 Å². The highest BCUT2D eigenvalue weighted by Gasteiger charge is 2.52. The lowest BCUT2D eigenvalue weighted by Crippen LogP contribution is -2.30. The minimum absolute atomic E-state index is 0.262. The third-order valence-corrected chi connectivity index (χ3v) is 4.60. The van der Waals surface area contributed by atoms with E-state index in [0.29, 0.717) is 18.4 Å². The van der Waals surface area contributed by atoms with Gasteiger partial charge in [0.15, 0.2) is 0 Å². The fraction of sp³-hybridized carbons (Fsp3) is 0.647. The number of carbonyl (C=O) groups is 1. The van der Waals surface area contributed by atoms with E-state index in [9.17, 15) is 4.79 Å². The molecule has 2 aliphatic rings. The number of anilines is 1. The summed E-state index contributed by atoms with van der Waals surface area (Å²) in [6.45, 7) is 6.89. The van der Waals surface area contributed by atoms with E-state index in [1.54, 1.807) is 0 Å². The predicted octanol–water partition coefficient (Wildman–Crippen LogP) is 2.23. The molecule has 5 heteroatoms. The first kappa shape index (κ1) is 15.1. The highest BCUT2D eigenvalue weighted by molar-refractivity contribution is 5.90. The summed E-state index contributed by atoms with van der Waals surface area (Å²) in [4.78, 5) is 18.8. The Hall–Kier alpha value is -1.78. The Balaban J connectivity index is 1.94. The monoisotopic (exact) mass is 303 g/mol. The number of carbonyl (C=O) groups excluding carboxylic acids is 1. The molecular weight excluding hydrogens is 278 g/mol. The van der Waals surface area contributed by atoms with Gasteiger partial charge in [0, 0.05) is 18.7 Å². The first-order valence-corrected chi connectivity index (χ1v) is 8.21. The molecular formula is C17H25N3O2. The van der Waals surface area contributed by atoms with Crippen LogP contribution in [0.3, 0.4) is 0 Å². The molecule has 5 nitrogen and oxygen atoms in total. The number of nitrogens with zero attached hydrogens (tertiary/aromatic N) is 2. The predicted molar refractivity (Wildman–Crippen MR) is 86.1 cm³/mol. The molecule has 0 unspecified atom stereocenters. The number of aromatic nitrogens is 1. The second kappa shape index (κ2) is 5.78. The largest absolute Gasteiger partial charge is 0.477 e. The molecule has 0 bridgehead atoms. The molecule has 22 heavy (non-hydrogen) atoms. The summed E-state index contributed by atoms with van der Waals surface area (Å²) in [6, 6.07) is 2.08. The SMILES string of the molecule is CC(C)COc1ncc(N2CCCC2)cc1C1(C(N)=O)CC1. The molecule has 2 fully saturated rings. The third-order valence-electron chi connectivity index (χ3n) is 4.60. The Morgan fingerprint density at radius 2 is 2.09 bits per heavy atom. The van der Waals surface area contributed by atoms with Crippen LogP contribution in [0, 0.1) is 5.92 Å². The van der Waals surface area contributed by atoms with Crippen molar-refractivity contribution in [2.45, 2.75) is 44.9 Å². The Morgan fingerprint density at radius 1 is 1.41 bits per heavy atom. The Kier molecular flexibility index (Phi) is 3.98. The summed E-state index contributed by atoms with van der Waals surface area (Å²) in [6.07, 6.45) is 5.88. The number of rotatable bonds is 6. The van der Waals surface area contributed by atoms with Crippen LogP contribution in [0.2, 0.25) is 0 Å². The average molecular weight is 303 g/mol. The Morgan fingerprint density at radius 3 is 2.64 bits per heavy atom. The lowest BCUT2D eigenvalue weighted by molar-refractivity contribution is -0.120. The van der Waals surface area contributed by atoms with Crippen molar-refractivity contribution in [1.29, 1.82) is 0 Å². The molecule has 120 valence electrons. The quantitative estimate of drug-likeness (QED) is 0.875. The summed E-state index contributed by atoms with van der Waals surface area (Å²) in [5.74, 6) is 0.729. The summed E-state index contributed by atoms with van der Waals surface area (Å²) < 4.78 is 5.86. The molecule has 0 atom stereocenters. The number of primary amides is 1. The van der Waals surface area contributed by atoms with E-state index in [0.717, 1.165) is 37.2 Å². The molecule has 1 aromatic rings. The van der Waals surface area contributed by atoms with Crippen LogP contribution in [-0.2, 0) is 10.2 Å². The average Bonchev–Trinajstić information content (AvgIpc) is 3.13. The van der Waals surface area contributed by atoms with Crippen molar-refractivity contribution in [1.82, 2.24) is 4.98 Å². The highest BCUT2D eigenvalue weighted by atomic mass is 16.5. The van der Waals surface area contributed by atoms with Gasteiger partial charge in [0.25, 0.3) is 0 Å². The van der Waals surface area contributed by atoms with E-state index in [1.807, 2.05) is 6.20 Å². The van der Waals surface area contributed by atoms with Gasteiger partial charge in [0.05, 0.1) is 23.9 Å². The second-order valence-corrected chi connectivity index (χ2v) is 6.89. The van der Waals surface area contributed by atoms with Crippen LogP contribution in [0.5, 0.6) is 5.88 Å². The van der Waals surface area contributed by atoms with Crippen molar-refractivity contribution < 1.29 is 9.53 Å². The van der Waals surface area contributed by atoms with Gasteiger partial charge in [-0.1, -0.05) is 13.8 Å². The van der Waals surface area contributed by atoms with E-state index in [-0.39, 0.29) is 5.91 Å². The maximum atomic E-state index is 11.9. The Labute approximate surface area is 131 Å². The van der Waals surface area contributed by atoms with Gasteiger partial charge in [-0.3, -0.25) is 4.79 Å². The first-order valence-electron chi connectivity index (χ1n) is 8.21. The normalized spacial score (nSPS) is 19.5. The molecule has 0 spiro atoms. The highest BCUT2D eigenvalue weighted by Crippen LogP contribution is 2.51. The van der Waals surface area contributed by atoms with E-state index >= 15 is 0 Å². The van der Waals surface area contributed by atoms with Gasteiger partial charge < -0.3 is 15.4 Å². The smallest absolute Gasteiger partial charge is 0.228 e. The molecule has 1 aliphatic carbocycles. The van der Waals surface area contributed by atoms with Crippen molar-refractivity contribution in [2.75, 3.05) is 24.6 Å². The zero-order valence-electron chi connectivity index (χ0n) is 13.5.